The summed E-state index contributed by atoms with van der Waals surface area (Å²) in [6, 6.07) is 0. The first-order valence-corrected chi connectivity index (χ1v) is 5.43. The number of hydrogen-bond donors (Lipinski definition) is 0. The average molecular weight is 278 g/mol. The van der Waals surface area contributed by atoms with E-state index in [-0.39, 0.29) is 5.97 Å². The van der Waals surface area contributed by atoms with Crippen molar-refractivity contribution in [3.05, 3.63) is 23.5 Å². The number of carbonyl (C=O) groups is 1. The zero-order chi connectivity index (χ0) is 8.97. The molecule has 1 aliphatic heterocycles. The number of esters is 1. The lowest BCUT2D eigenvalue weighted by Gasteiger charge is -1.94. The molecule has 0 aromatic heterocycles. The molecule has 0 bridgehead atoms. The highest BCUT2D eigenvalue weighted by atomic mass is 127. The lowest BCUT2D eigenvalue weighted by Crippen LogP contribution is -1.94. The van der Waals surface area contributed by atoms with Gasteiger partial charge in [-0.1, -0.05) is 22.6 Å². The Morgan fingerprint density at radius 1 is 1.67 bits per heavy atom. The number of carbonyl (C=O) groups excluding carboxylic acids is 1. The van der Waals surface area contributed by atoms with E-state index in [0.29, 0.717) is 11.3 Å². The van der Waals surface area contributed by atoms with Gasteiger partial charge < -0.3 is 4.74 Å². The van der Waals surface area contributed by atoms with Gasteiger partial charge in [0.1, 0.15) is 5.76 Å². The highest BCUT2D eigenvalue weighted by Crippen LogP contribution is 2.16. The Bertz CT molecular complexity index is 241. The van der Waals surface area contributed by atoms with Crippen molar-refractivity contribution in [3.8, 4) is 0 Å². The van der Waals surface area contributed by atoms with Gasteiger partial charge in [-0.2, -0.15) is 0 Å². The maximum atomic E-state index is 10.9. The molecule has 0 aromatic rings. The van der Waals surface area contributed by atoms with Gasteiger partial charge in [0.2, 0.25) is 0 Å². The van der Waals surface area contributed by atoms with Crippen LogP contribution in [0.1, 0.15) is 19.8 Å². The fourth-order valence-corrected chi connectivity index (χ4v) is 1.35. The summed E-state index contributed by atoms with van der Waals surface area (Å²) < 4.78 is 6.08. The predicted molar refractivity (Wildman–Crippen MR) is 56.1 cm³/mol. The van der Waals surface area contributed by atoms with Gasteiger partial charge in [0.05, 0.1) is 0 Å². The monoisotopic (exact) mass is 278 g/mol. The molecule has 1 aliphatic rings. The Kier molecular flexibility index (Phi) is 3.78. The molecule has 0 N–H and O–H groups in total. The number of hydrogen-bond acceptors (Lipinski definition) is 2. The van der Waals surface area contributed by atoms with E-state index in [1.54, 1.807) is 13.0 Å². The van der Waals surface area contributed by atoms with E-state index in [1.807, 2.05) is 6.08 Å². The van der Waals surface area contributed by atoms with E-state index in [4.69, 9.17) is 4.74 Å². The summed E-state index contributed by atoms with van der Waals surface area (Å²) in [4.78, 5) is 10.9. The second-order valence-electron chi connectivity index (χ2n) is 2.65. The maximum Gasteiger partial charge on any atom is 0.339 e. The van der Waals surface area contributed by atoms with E-state index in [0.717, 1.165) is 17.3 Å². The van der Waals surface area contributed by atoms with Crippen LogP contribution >= 0.6 is 22.6 Å². The van der Waals surface area contributed by atoms with Gasteiger partial charge in [0.25, 0.3) is 0 Å². The Labute approximate surface area is 85.8 Å². The Morgan fingerprint density at radius 3 is 2.92 bits per heavy atom. The molecule has 0 saturated carbocycles. The zero-order valence-corrected chi connectivity index (χ0v) is 9.13. The van der Waals surface area contributed by atoms with Crippen molar-refractivity contribution in [1.29, 1.82) is 0 Å². The smallest absolute Gasteiger partial charge is 0.339 e. The molecule has 0 radical (unpaired) electrons. The number of rotatable bonds is 3. The molecule has 0 atom stereocenters. The molecule has 1 heterocycles. The summed E-state index contributed by atoms with van der Waals surface area (Å²) >= 11 is 2.33. The minimum Gasteiger partial charge on any atom is -0.424 e. The fourth-order valence-electron chi connectivity index (χ4n) is 0.911. The van der Waals surface area contributed by atoms with Crippen LogP contribution in [0.5, 0.6) is 0 Å². The van der Waals surface area contributed by atoms with Crippen LogP contribution in [0.4, 0.5) is 0 Å². The number of allylic oxidation sites excluding steroid dienone is 2. The third-order valence-electron chi connectivity index (χ3n) is 1.57. The molecule has 0 unspecified atom stereocenters. The highest BCUT2D eigenvalue weighted by molar-refractivity contribution is 14.1. The van der Waals surface area contributed by atoms with Crippen molar-refractivity contribution in [2.75, 3.05) is 4.43 Å². The van der Waals surface area contributed by atoms with Crippen LogP contribution in [-0.2, 0) is 9.53 Å². The topological polar surface area (TPSA) is 26.3 Å². The maximum absolute atomic E-state index is 10.9. The molecular formula is C9H11IO2. The van der Waals surface area contributed by atoms with Crippen molar-refractivity contribution >= 4 is 28.6 Å². The summed E-state index contributed by atoms with van der Waals surface area (Å²) in [6.45, 7) is 1.77. The van der Waals surface area contributed by atoms with Gasteiger partial charge >= 0.3 is 5.97 Å². The van der Waals surface area contributed by atoms with Crippen LogP contribution in [0.3, 0.4) is 0 Å². The summed E-state index contributed by atoms with van der Waals surface area (Å²) in [5, 5.41) is 0. The zero-order valence-electron chi connectivity index (χ0n) is 6.97. The molecule has 0 saturated heterocycles. The van der Waals surface area contributed by atoms with Crippen LogP contribution in [0, 0.1) is 0 Å². The number of unbranched alkanes of at least 4 members (excludes halogenated alkanes) is 1. The first-order chi connectivity index (χ1) is 5.74. The first kappa shape index (κ1) is 9.77. The van der Waals surface area contributed by atoms with Crippen LogP contribution in [0.2, 0.25) is 0 Å². The molecule has 0 fully saturated rings. The molecule has 0 amide bonds. The third kappa shape index (κ3) is 2.62. The molecule has 0 aromatic carbocycles. The van der Waals surface area contributed by atoms with Crippen molar-refractivity contribution in [2.24, 2.45) is 0 Å². The van der Waals surface area contributed by atoms with E-state index in [2.05, 4.69) is 22.6 Å². The van der Waals surface area contributed by atoms with Crippen molar-refractivity contribution in [2.45, 2.75) is 19.8 Å². The minimum atomic E-state index is -0.212. The summed E-state index contributed by atoms with van der Waals surface area (Å²) in [7, 11) is 0. The quantitative estimate of drug-likeness (QED) is 0.343. The third-order valence-corrected chi connectivity index (χ3v) is 2.34. The van der Waals surface area contributed by atoms with Gasteiger partial charge in [-0.25, -0.2) is 4.79 Å². The fraction of sp³-hybridized carbons (Fsp3) is 0.444. The largest absolute Gasteiger partial charge is 0.424 e. The number of cyclic esters (lactones) is 1. The second-order valence-corrected chi connectivity index (χ2v) is 3.73. The van der Waals surface area contributed by atoms with Gasteiger partial charge in [-0.05, 0) is 36.3 Å². The lowest BCUT2D eigenvalue weighted by molar-refractivity contribution is -0.133. The Hall–Kier alpha value is -0.320. The number of ether oxygens (including phenoxy) is 1. The molecular weight excluding hydrogens is 267 g/mol. The molecule has 2 nitrogen and oxygen atoms in total. The average Bonchev–Trinajstić information content (AvgIpc) is 2.32. The SMILES string of the molecule is CC1=CC(=CCCCI)OC1=O. The van der Waals surface area contributed by atoms with Crippen molar-refractivity contribution in [1.82, 2.24) is 0 Å². The first-order valence-electron chi connectivity index (χ1n) is 3.90. The van der Waals surface area contributed by atoms with Gasteiger partial charge in [-0.15, -0.1) is 0 Å². The second kappa shape index (κ2) is 4.64. The normalized spacial score (nSPS) is 19.7. The van der Waals surface area contributed by atoms with Crippen molar-refractivity contribution in [3.63, 3.8) is 0 Å². The number of alkyl halides is 1. The van der Waals surface area contributed by atoms with E-state index in [1.165, 1.54) is 0 Å². The summed E-state index contributed by atoms with van der Waals surface area (Å²) in [5.74, 6) is 0.498. The highest BCUT2D eigenvalue weighted by Gasteiger charge is 2.15. The lowest BCUT2D eigenvalue weighted by atomic mass is 10.2. The van der Waals surface area contributed by atoms with E-state index in [9.17, 15) is 4.79 Å². The minimum absolute atomic E-state index is 0.212. The van der Waals surface area contributed by atoms with Crippen LogP contribution in [-0.4, -0.2) is 10.4 Å². The molecule has 0 aliphatic carbocycles. The van der Waals surface area contributed by atoms with Gasteiger partial charge in [-0.3, -0.25) is 0 Å². The van der Waals surface area contributed by atoms with Crippen molar-refractivity contribution < 1.29 is 9.53 Å². The van der Waals surface area contributed by atoms with Crippen LogP contribution < -0.4 is 0 Å². The van der Waals surface area contributed by atoms with Gasteiger partial charge in [0, 0.05) is 5.57 Å². The summed E-state index contributed by atoms with van der Waals surface area (Å²) in [5.41, 5.74) is 0.690. The van der Waals surface area contributed by atoms with Crippen LogP contribution in [0.25, 0.3) is 0 Å². The summed E-state index contributed by atoms with van der Waals surface area (Å²) in [6.07, 6.45) is 5.87. The predicted octanol–water partition coefficient (Wildman–Crippen LogP) is 2.59. The molecule has 0 spiro atoms. The molecule has 1 rings (SSSR count). The Morgan fingerprint density at radius 2 is 2.42 bits per heavy atom. The molecule has 66 valence electrons. The standard InChI is InChI=1S/C9H11IO2/c1-7-6-8(12-9(7)11)4-2-3-5-10/h4,6H,2-3,5H2,1H3. The molecule has 12 heavy (non-hydrogen) atoms. The van der Waals surface area contributed by atoms with E-state index < -0.39 is 0 Å². The Balaban J connectivity index is 2.46. The van der Waals surface area contributed by atoms with E-state index >= 15 is 0 Å². The molecule has 3 heteroatoms. The van der Waals surface area contributed by atoms with Crippen LogP contribution in [0.15, 0.2) is 23.5 Å². The van der Waals surface area contributed by atoms with Gasteiger partial charge in [0.15, 0.2) is 0 Å². The number of halogens is 1.